The molecule has 0 radical (unpaired) electrons. The fourth-order valence-corrected chi connectivity index (χ4v) is 3.09. The molecule has 2 aliphatic rings. The van der Waals surface area contributed by atoms with Crippen LogP contribution in [0.1, 0.15) is 25.3 Å². The predicted octanol–water partition coefficient (Wildman–Crippen LogP) is 2.48. The number of amides is 2. The average Bonchev–Trinajstić information content (AvgIpc) is 2.79. The zero-order valence-corrected chi connectivity index (χ0v) is 10.2. The van der Waals surface area contributed by atoms with Crippen LogP contribution >= 0.6 is 0 Å². The van der Waals surface area contributed by atoms with Crippen molar-refractivity contribution in [1.29, 1.82) is 0 Å². The molecule has 3 rings (SSSR count). The fraction of sp³-hybridized carbons (Fsp3) is 0.500. The second-order valence-electron chi connectivity index (χ2n) is 5.38. The van der Waals surface area contributed by atoms with Gasteiger partial charge in [0.05, 0.1) is 5.54 Å². The van der Waals surface area contributed by atoms with Gasteiger partial charge in [0.25, 0.3) is 0 Å². The van der Waals surface area contributed by atoms with E-state index in [1.807, 2.05) is 23.1 Å². The Bertz CT molecular complexity index is 431. The highest BCUT2D eigenvalue weighted by Crippen LogP contribution is 2.36. The molecule has 3 heteroatoms. The highest BCUT2D eigenvalue weighted by molar-refractivity contribution is 5.78. The normalized spacial score (nSPS) is 27.7. The molecule has 0 N–H and O–H groups in total. The molecule has 1 atom stereocenters. The maximum absolute atomic E-state index is 12.2. The lowest BCUT2D eigenvalue weighted by Gasteiger charge is -2.24. The summed E-state index contributed by atoms with van der Waals surface area (Å²) < 4.78 is 0. The van der Waals surface area contributed by atoms with E-state index in [2.05, 4.69) is 24.0 Å². The molecule has 0 aromatic heterocycles. The summed E-state index contributed by atoms with van der Waals surface area (Å²) >= 11 is 0. The maximum Gasteiger partial charge on any atom is 0.320 e. The first-order chi connectivity index (χ1) is 8.19. The van der Waals surface area contributed by atoms with Crippen LogP contribution in [0.3, 0.4) is 0 Å². The van der Waals surface area contributed by atoms with Gasteiger partial charge in [-0.25, -0.2) is 4.79 Å². The van der Waals surface area contributed by atoms with Crippen LogP contribution in [0.4, 0.5) is 4.79 Å². The van der Waals surface area contributed by atoms with Crippen LogP contribution in [0.5, 0.6) is 0 Å². The molecule has 1 unspecified atom stereocenters. The Morgan fingerprint density at radius 1 is 1.29 bits per heavy atom. The zero-order chi connectivity index (χ0) is 11.9. The summed E-state index contributed by atoms with van der Waals surface area (Å²) in [6.45, 7) is 4.76. The Morgan fingerprint density at radius 3 is 2.76 bits per heavy atom. The summed E-state index contributed by atoms with van der Waals surface area (Å²) in [4.78, 5) is 16.3. The standard InChI is InChI=1S/C14H18N2O/c1-14-8-5-9-16(14)13(17)15(11-14)10-12-6-3-2-4-7-12/h2-4,6-7H,5,8-11H2,1H3. The first-order valence-electron chi connectivity index (χ1n) is 6.29. The highest BCUT2D eigenvalue weighted by atomic mass is 16.2. The van der Waals surface area contributed by atoms with E-state index in [1.165, 1.54) is 5.56 Å². The summed E-state index contributed by atoms with van der Waals surface area (Å²) in [5.41, 5.74) is 1.30. The van der Waals surface area contributed by atoms with Crippen LogP contribution < -0.4 is 0 Å². The van der Waals surface area contributed by atoms with Gasteiger partial charge in [0, 0.05) is 19.6 Å². The van der Waals surface area contributed by atoms with E-state index in [4.69, 9.17) is 0 Å². The van der Waals surface area contributed by atoms with E-state index < -0.39 is 0 Å². The van der Waals surface area contributed by atoms with Gasteiger partial charge in [0.15, 0.2) is 0 Å². The van der Waals surface area contributed by atoms with Crippen LogP contribution in [0.15, 0.2) is 30.3 Å². The molecule has 2 saturated heterocycles. The molecule has 2 fully saturated rings. The summed E-state index contributed by atoms with van der Waals surface area (Å²) in [6.07, 6.45) is 2.30. The minimum Gasteiger partial charge on any atom is -0.318 e. The van der Waals surface area contributed by atoms with E-state index in [9.17, 15) is 4.79 Å². The third-order valence-electron chi connectivity index (χ3n) is 4.00. The van der Waals surface area contributed by atoms with Crippen LogP contribution in [-0.4, -0.2) is 34.5 Å². The molecule has 1 aromatic carbocycles. The van der Waals surface area contributed by atoms with Gasteiger partial charge in [-0.15, -0.1) is 0 Å². The minimum absolute atomic E-state index is 0.0892. The number of hydrogen-bond acceptors (Lipinski definition) is 1. The van der Waals surface area contributed by atoms with Crippen LogP contribution in [0.25, 0.3) is 0 Å². The lowest BCUT2D eigenvalue weighted by molar-refractivity contribution is 0.184. The molecule has 2 aliphatic heterocycles. The number of carbonyl (C=O) groups is 1. The lowest BCUT2D eigenvalue weighted by Crippen LogP contribution is -2.38. The van der Waals surface area contributed by atoms with Crippen molar-refractivity contribution < 1.29 is 4.79 Å². The SMILES string of the molecule is CC12CCCN1C(=O)N(Cc1ccccc1)C2. The third-order valence-corrected chi connectivity index (χ3v) is 4.00. The van der Waals surface area contributed by atoms with Crippen LogP contribution in [0, 0.1) is 0 Å². The van der Waals surface area contributed by atoms with Crippen molar-refractivity contribution in [2.75, 3.05) is 13.1 Å². The second kappa shape index (κ2) is 3.76. The summed E-state index contributed by atoms with van der Waals surface area (Å²) in [5, 5.41) is 0. The van der Waals surface area contributed by atoms with Gasteiger partial charge in [-0.05, 0) is 25.3 Å². The average molecular weight is 230 g/mol. The summed E-state index contributed by atoms with van der Waals surface area (Å²) in [7, 11) is 0. The molecule has 2 heterocycles. The molecule has 3 nitrogen and oxygen atoms in total. The summed E-state index contributed by atoms with van der Waals surface area (Å²) in [5.74, 6) is 0. The van der Waals surface area contributed by atoms with E-state index >= 15 is 0 Å². The van der Waals surface area contributed by atoms with E-state index in [0.29, 0.717) is 0 Å². The van der Waals surface area contributed by atoms with Crippen molar-refractivity contribution in [2.45, 2.75) is 31.8 Å². The van der Waals surface area contributed by atoms with Gasteiger partial charge < -0.3 is 9.80 Å². The molecule has 17 heavy (non-hydrogen) atoms. The van der Waals surface area contributed by atoms with Gasteiger partial charge in [0.1, 0.15) is 0 Å². The minimum atomic E-state index is 0.0892. The molecule has 0 saturated carbocycles. The Balaban J connectivity index is 1.77. The van der Waals surface area contributed by atoms with Crippen molar-refractivity contribution in [2.24, 2.45) is 0 Å². The lowest BCUT2D eigenvalue weighted by atomic mass is 10.0. The van der Waals surface area contributed by atoms with Crippen molar-refractivity contribution in [3.63, 3.8) is 0 Å². The van der Waals surface area contributed by atoms with Crippen molar-refractivity contribution in [3.8, 4) is 0 Å². The molecule has 0 spiro atoms. The Morgan fingerprint density at radius 2 is 2.06 bits per heavy atom. The van der Waals surface area contributed by atoms with Gasteiger partial charge in [0.2, 0.25) is 0 Å². The van der Waals surface area contributed by atoms with E-state index in [0.717, 1.165) is 32.5 Å². The molecule has 0 bridgehead atoms. The predicted molar refractivity (Wildman–Crippen MR) is 66.6 cm³/mol. The largest absolute Gasteiger partial charge is 0.320 e. The van der Waals surface area contributed by atoms with Crippen molar-refractivity contribution >= 4 is 6.03 Å². The molecular formula is C14H18N2O. The number of hydrogen-bond donors (Lipinski definition) is 0. The third kappa shape index (κ3) is 1.70. The Hall–Kier alpha value is -1.51. The van der Waals surface area contributed by atoms with E-state index in [-0.39, 0.29) is 11.6 Å². The summed E-state index contributed by atoms with van der Waals surface area (Å²) in [6, 6.07) is 10.4. The first kappa shape index (κ1) is 10.6. The molecule has 2 amide bonds. The van der Waals surface area contributed by atoms with Crippen molar-refractivity contribution in [1.82, 2.24) is 9.80 Å². The quantitative estimate of drug-likeness (QED) is 0.765. The number of rotatable bonds is 2. The highest BCUT2D eigenvalue weighted by Gasteiger charge is 2.48. The molecule has 1 aromatic rings. The van der Waals surface area contributed by atoms with Gasteiger partial charge in [-0.1, -0.05) is 30.3 Å². The smallest absolute Gasteiger partial charge is 0.318 e. The number of urea groups is 1. The van der Waals surface area contributed by atoms with Gasteiger partial charge in [-0.3, -0.25) is 0 Å². The topological polar surface area (TPSA) is 23.6 Å². The Labute approximate surface area is 102 Å². The van der Waals surface area contributed by atoms with Gasteiger partial charge in [-0.2, -0.15) is 0 Å². The number of carbonyl (C=O) groups excluding carboxylic acids is 1. The fourth-order valence-electron chi connectivity index (χ4n) is 3.09. The first-order valence-corrected chi connectivity index (χ1v) is 6.29. The maximum atomic E-state index is 12.2. The number of fused-ring (bicyclic) bond motifs is 1. The number of nitrogens with zero attached hydrogens (tertiary/aromatic N) is 2. The number of benzene rings is 1. The Kier molecular flexibility index (Phi) is 2.35. The monoisotopic (exact) mass is 230 g/mol. The second-order valence-corrected chi connectivity index (χ2v) is 5.38. The molecule has 90 valence electrons. The van der Waals surface area contributed by atoms with E-state index in [1.54, 1.807) is 0 Å². The van der Waals surface area contributed by atoms with Crippen molar-refractivity contribution in [3.05, 3.63) is 35.9 Å². The van der Waals surface area contributed by atoms with Crippen LogP contribution in [0.2, 0.25) is 0 Å². The van der Waals surface area contributed by atoms with Crippen LogP contribution in [-0.2, 0) is 6.54 Å². The van der Waals surface area contributed by atoms with Gasteiger partial charge >= 0.3 is 6.03 Å². The zero-order valence-electron chi connectivity index (χ0n) is 10.2. The molecule has 0 aliphatic carbocycles. The molecular weight excluding hydrogens is 212 g/mol.